The molecule has 0 spiro atoms. The van der Waals surface area contributed by atoms with E-state index in [9.17, 15) is 13.2 Å². The van der Waals surface area contributed by atoms with Crippen LogP contribution in [0.1, 0.15) is 5.56 Å². The van der Waals surface area contributed by atoms with Crippen molar-refractivity contribution in [1.82, 2.24) is 9.78 Å². The van der Waals surface area contributed by atoms with Gasteiger partial charge in [0.05, 0.1) is 12.2 Å². The molecule has 3 aromatic rings. The van der Waals surface area contributed by atoms with Gasteiger partial charge in [-0.25, -0.2) is 4.39 Å². The smallest absolute Gasteiger partial charge is 0.387 e. The molecule has 0 atom stereocenters. The Balaban J connectivity index is 1.62. The first kappa shape index (κ1) is 18.7. The van der Waals surface area contributed by atoms with E-state index in [4.69, 9.17) is 12.2 Å². The van der Waals surface area contributed by atoms with E-state index < -0.39 is 6.61 Å². The molecule has 0 radical (unpaired) electrons. The van der Waals surface area contributed by atoms with Gasteiger partial charge in [0, 0.05) is 17.8 Å². The lowest BCUT2D eigenvalue weighted by Crippen LogP contribution is -2.20. The van der Waals surface area contributed by atoms with Crippen LogP contribution < -0.4 is 15.4 Å². The molecule has 1 aromatic heterocycles. The third kappa shape index (κ3) is 5.20. The summed E-state index contributed by atoms with van der Waals surface area (Å²) in [4.78, 5) is 0. The second kappa shape index (κ2) is 8.54. The van der Waals surface area contributed by atoms with E-state index in [2.05, 4.69) is 20.5 Å². The fraction of sp³-hybridized carbons (Fsp3) is 0.111. The van der Waals surface area contributed by atoms with Crippen molar-refractivity contribution in [2.45, 2.75) is 13.2 Å². The maximum Gasteiger partial charge on any atom is 0.387 e. The molecule has 1 heterocycles. The summed E-state index contributed by atoms with van der Waals surface area (Å²) in [6.07, 6.45) is 1.67. The van der Waals surface area contributed by atoms with E-state index in [1.807, 2.05) is 0 Å². The van der Waals surface area contributed by atoms with E-state index in [0.29, 0.717) is 17.1 Å². The van der Waals surface area contributed by atoms with E-state index in [1.54, 1.807) is 53.3 Å². The number of benzene rings is 2. The minimum absolute atomic E-state index is 0.0262. The van der Waals surface area contributed by atoms with Crippen LogP contribution in [0.15, 0.2) is 60.8 Å². The van der Waals surface area contributed by atoms with E-state index in [1.165, 1.54) is 12.1 Å². The minimum atomic E-state index is -2.94. The lowest BCUT2D eigenvalue weighted by molar-refractivity contribution is -0.0493. The topological polar surface area (TPSA) is 51.1 Å². The normalized spacial score (nSPS) is 10.7. The SMILES string of the molecule is Fc1ccccc1Cn1ccc(NC(=S)Nc2ccccc2OC(F)F)n1. The Kier molecular flexibility index (Phi) is 5.92. The molecule has 0 saturated carbocycles. The molecule has 2 N–H and O–H groups in total. The van der Waals surface area contributed by atoms with Crippen LogP contribution in [0, 0.1) is 5.82 Å². The van der Waals surface area contributed by atoms with Crippen molar-refractivity contribution in [2.24, 2.45) is 0 Å². The molecule has 0 aliphatic carbocycles. The molecule has 2 aromatic carbocycles. The number of alkyl halides is 2. The molecule has 5 nitrogen and oxygen atoms in total. The van der Waals surface area contributed by atoms with Crippen LogP contribution in [0.4, 0.5) is 24.7 Å². The fourth-order valence-corrected chi connectivity index (χ4v) is 2.57. The zero-order valence-electron chi connectivity index (χ0n) is 13.9. The number of thiocarbonyl (C=S) groups is 1. The summed E-state index contributed by atoms with van der Waals surface area (Å²) in [7, 11) is 0. The van der Waals surface area contributed by atoms with Crippen LogP contribution in [0.2, 0.25) is 0 Å². The molecule has 0 aliphatic heterocycles. The second-order valence-electron chi connectivity index (χ2n) is 5.44. The second-order valence-corrected chi connectivity index (χ2v) is 5.85. The van der Waals surface area contributed by atoms with Crippen molar-refractivity contribution >= 4 is 28.8 Å². The predicted molar refractivity (Wildman–Crippen MR) is 101 cm³/mol. The van der Waals surface area contributed by atoms with Gasteiger partial charge in [0.2, 0.25) is 0 Å². The number of nitrogens with zero attached hydrogens (tertiary/aromatic N) is 2. The third-order valence-electron chi connectivity index (χ3n) is 3.52. The molecule has 0 aliphatic rings. The first-order valence-corrected chi connectivity index (χ1v) is 8.31. The van der Waals surface area contributed by atoms with Crippen molar-refractivity contribution in [2.75, 3.05) is 10.6 Å². The van der Waals surface area contributed by atoms with Gasteiger partial charge in [0.25, 0.3) is 0 Å². The summed E-state index contributed by atoms with van der Waals surface area (Å²) in [5, 5.41) is 10.0. The standard InChI is InChI=1S/C18H15F3N4OS/c19-13-6-2-1-5-12(13)11-25-10-9-16(24-25)23-18(27)22-14-7-3-4-8-15(14)26-17(20)21/h1-10,17H,11H2,(H2,22,23,24,27). The van der Waals surface area contributed by atoms with E-state index in [0.717, 1.165) is 0 Å². The quantitative estimate of drug-likeness (QED) is 0.606. The summed E-state index contributed by atoms with van der Waals surface area (Å²) in [5.74, 6) is 0.0909. The summed E-state index contributed by atoms with van der Waals surface area (Å²) in [5.41, 5.74) is 0.798. The monoisotopic (exact) mass is 392 g/mol. The Morgan fingerprint density at radius 1 is 1.07 bits per heavy atom. The number of hydrogen-bond acceptors (Lipinski definition) is 3. The first-order valence-electron chi connectivity index (χ1n) is 7.90. The fourth-order valence-electron chi connectivity index (χ4n) is 2.36. The summed E-state index contributed by atoms with van der Waals surface area (Å²) < 4.78 is 44.6. The maximum absolute atomic E-state index is 13.7. The highest BCUT2D eigenvalue weighted by Crippen LogP contribution is 2.25. The van der Waals surface area contributed by atoms with Gasteiger partial charge in [-0.3, -0.25) is 4.68 Å². The van der Waals surface area contributed by atoms with Crippen LogP contribution in [0.25, 0.3) is 0 Å². The first-order chi connectivity index (χ1) is 13.0. The number of rotatable bonds is 6. The molecule has 0 fully saturated rings. The van der Waals surface area contributed by atoms with Crippen molar-refractivity contribution in [3.8, 4) is 5.75 Å². The molecule has 9 heteroatoms. The Hall–Kier alpha value is -3.07. The molecule has 0 bridgehead atoms. The van der Waals surface area contributed by atoms with Gasteiger partial charge in [-0.05, 0) is 30.4 Å². The molecule has 0 amide bonds. The van der Waals surface area contributed by atoms with Crippen molar-refractivity contribution in [3.63, 3.8) is 0 Å². The van der Waals surface area contributed by atoms with Crippen LogP contribution >= 0.6 is 12.2 Å². The zero-order valence-corrected chi connectivity index (χ0v) is 14.7. The molecular weight excluding hydrogens is 377 g/mol. The van der Waals surface area contributed by atoms with E-state index >= 15 is 0 Å². The van der Waals surface area contributed by atoms with Gasteiger partial charge >= 0.3 is 6.61 Å². The third-order valence-corrected chi connectivity index (χ3v) is 3.73. The lowest BCUT2D eigenvalue weighted by Gasteiger charge is -2.13. The highest BCUT2D eigenvalue weighted by molar-refractivity contribution is 7.80. The van der Waals surface area contributed by atoms with Gasteiger partial charge in [-0.1, -0.05) is 30.3 Å². The number of hydrogen-bond donors (Lipinski definition) is 2. The highest BCUT2D eigenvalue weighted by Gasteiger charge is 2.11. The number of para-hydroxylation sites is 2. The summed E-state index contributed by atoms with van der Waals surface area (Å²) >= 11 is 5.18. The van der Waals surface area contributed by atoms with Crippen LogP contribution in [-0.4, -0.2) is 21.5 Å². The molecule has 140 valence electrons. The molecule has 27 heavy (non-hydrogen) atoms. The Morgan fingerprint density at radius 3 is 2.59 bits per heavy atom. The minimum Gasteiger partial charge on any atom is -0.433 e. The number of anilines is 2. The van der Waals surface area contributed by atoms with E-state index in [-0.39, 0.29) is 23.2 Å². The van der Waals surface area contributed by atoms with Crippen LogP contribution in [-0.2, 0) is 6.54 Å². The molecule has 3 rings (SSSR count). The number of nitrogens with one attached hydrogen (secondary N) is 2. The molecular formula is C18H15F3N4OS. The largest absolute Gasteiger partial charge is 0.433 e. The van der Waals surface area contributed by atoms with Crippen LogP contribution in [0.5, 0.6) is 5.75 Å². The van der Waals surface area contributed by atoms with Gasteiger partial charge in [0.1, 0.15) is 11.6 Å². The van der Waals surface area contributed by atoms with Gasteiger partial charge in [0.15, 0.2) is 10.9 Å². The lowest BCUT2D eigenvalue weighted by atomic mass is 10.2. The van der Waals surface area contributed by atoms with Gasteiger partial charge < -0.3 is 15.4 Å². The van der Waals surface area contributed by atoms with Crippen molar-refractivity contribution < 1.29 is 17.9 Å². The van der Waals surface area contributed by atoms with Crippen molar-refractivity contribution in [3.05, 3.63) is 72.2 Å². The summed E-state index contributed by atoms with van der Waals surface area (Å²) in [6.45, 7) is -2.68. The molecule has 0 saturated heterocycles. The van der Waals surface area contributed by atoms with Gasteiger partial charge in [-0.2, -0.15) is 13.9 Å². The van der Waals surface area contributed by atoms with Gasteiger partial charge in [-0.15, -0.1) is 0 Å². The number of ether oxygens (including phenoxy) is 1. The predicted octanol–water partition coefficient (Wildman–Crippen LogP) is 4.48. The summed E-state index contributed by atoms with van der Waals surface area (Å²) in [6, 6.07) is 14.3. The zero-order chi connectivity index (χ0) is 19.2. The highest BCUT2D eigenvalue weighted by atomic mass is 32.1. The Morgan fingerprint density at radius 2 is 1.81 bits per heavy atom. The van der Waals surface area contributed by atoms with Crippen LogP contribution in [0.3, 0.4) is 0 Å². The Labute approximate surface area is 158 Å². The van der Waals surface area contributed by atoms with Crippen molar-refractivity contribution in [1.29, 1.82) is 0 Å². The number of aromatic nitrogens is 2. The average Bonchev–Trinajstić information content (AvgIpc) is 3.05. The molecule has 0 unspecified atom stereocenters. The maximum atomic E-state index is 13.7. The Bertz CT molecular complexity index is 932. The number of halogens is 3. The average molecular weight is 392 g/mol.